The molecule has 2 saturated heterocycles. The Morgan fingerprint density at radius 3 is 2.57 bits per heavy atom. The van der Waals surface area contributed by atoms with Crippen molar-refractivity contribution >= 4 is 23.5 Å². The third kappa shape index (κ3) is 4.15. The molecule has 0 amide bonds. The summed E-state index contributed by atoms with van der Waals surface area (Å²) in [7, 11) is 0. The fourth-order valence-corrected chi connectivity index (χ4v) is 2.78. The minimum absolute atomic E-state index is 0.251. The molecule has 0 saturated carbocycles. The van der Waals surface area contributed by atoms with Crippen molar-refractivity contribution in [3.63, 3.8) is 0 Å². The summed E-state index contributed by atoms with van der Waals surface area (Å²) in [6, 6.07) is 0. The van der Waals surface area contributed by atoms with Crippen LogP contribution in [0.2, 0.25) is 5.28 Å². The van der Waals surface area contributed by atoms with Crippen LogP contribution in [0.25, 0.3) is 0 Å². The third-order valence-electron chi connectivity index (χ3n) is 3.80. The maximum Gasteiger partial charge on any atom is 0.231 e. The molecular formula is C13H21ClN6O. The quantitative estimate of drug-likeness (QED) is 0.865. The Morgan fingerprint density at radius 2 is 1.81 bits per heavy atom. The van der Waals surface area contributed by atoms with E-state index in [4.69, 9.17) is 16.3 Å². The number of ether oxygens (including phenoxy) is 1. The predicted molar refractivity (Wildman–Crippen MR) is 82.0 cm³/mol. The second-order valence-corrected chi connectivity index (χ2v) is 5.64. The van der Waals surface area contributed by atoms with E-state index >= 15 is 0 Å². The number of morpholine rings is 1. The lowest BCUT2D eigenvalue weighted by Gasteiger charge is -2.26. The molecular weight excluding hydrogens is 292 g/mol. The third-order valence-corrected chi connectivity index (χ3v) is 3.97. The Bertz CT molecular complexity index is 462. The van der Waals surface area contributed by atoms with Crippen molar-refractivity contribution in [1.82, 2.24) is 19.9 Å². The predicted octanol–water partition coefficient (Wildman–Crippen LogP) is 0.869. The molecule has 0 spiro atoms. The Kier molecular flexibility index (Phi) is 5.05. The minimum Gasteiger partial charge on any atom is -0.379 e. The van der Waals surface area contributed by atoms with E-state index in [0.29, 0.717) is 11.9 Å². The van der Waals surface area contributed by atoms with Gasteiger partial charge in [-0.25, -0.2) is 0 Å². The van der Waals surface area contributed by atoms with E-state index < -0.39 is 0 Å². The van der Waals surface area contributed by atoms with Crippen LogP contribution in [0.3, 0.4) is 0 Å². The molecule has 1 N–H and O–H groups in total. The van der Waals surface area contributed by atoms with Crippen LogP contribution < -0.4 is 10.2 Å². The Balaban J connectivity index is 1.54. The monoisotopic (exact) mass is 312 g/mol. The van der Waals surface area contributed by atoms with Crippen LogP contribution in [0.4, 0.5) is 11.9 Å². The maximum atomic E-state index is 6.00. The first-order valence-corrected chi connectivity index (χ1v) is 7.89. The molecule has 2 fully saturated rings. The average molecular weight is 313 g/mol. The van der Waals surface area contributed by atoms with Crippen molar-refractivity contribution in [2.75, 3.05) is 62.7 Å². The number of nitrogens with zero attached hydrogens (tertiary/aromatic N) is 5. The van der Waals surface area contributed by atoms with Crippen molar-refractivity contribution in [2.24, 2.45) is 0 Å². The molecule has 116 valence electrons. The summed E-state index contributed by atoms with van der Waals surface area (Å²) in [5, 5.41) is 3.49. The lowest BCUT2D eigenvalue weighted by atomic mass is 10.4. The lowest BCUT2D eigenvalue weighted by molar-refractivity contribution is 0.0398. The molecule has 0 atom stereocenters. The number of halogens is 1. The van der Waals surface area contributed by atoms with Gasteiger partial charge in [-0.05, 0) is 24.4 Å². The Hall–Kier alpha value is -1.18. The minimum atomic E-state index is 0.251. The van der Waals surface area contributed by atoms with Crippen LogP contribution in [-0.2, 0) is 4.74 Å². The number of hydrogen-bond acceptors (Lipinski definition) is 7. The van der Waals surface area contributed by atoms with Crippen LogP contribution in [0.1, 0.15) is 12.8 Å². The zero-order valence-electron chi connectivity index (χ0n) is 12.1. The van der Waals surface area contributed by atoms with Gasteiger partial charge in [0, 0.05) is 39.3 Å². The van der Waals surface area contributed by atoms with Gasteiger partial charge in [-0.2, -0.15) is 15.0 Å². The number of nitrogens with one attached hydrogen (secondary N) is 1. The molecule has 1 aromatic rings. The molecule has 0 aliphatic carbocycles. The lowest BCUT2D eigenvalue weighted by Crippen LogP contribution is -2.39. The van der Waals surface area contributed by atoms with Crippen LogP contribution in [0.15, 0.2) is 0 Å². The van der Waals surface area contributed by atoms with Crippen LogP contribution >= 0.6 is 11.6 Å². The van der Waals surface area contributed by atoms with E-state index in [1.807, 2.05) is 0 Å². The standard InChI is InChI=1S/C13H21ClN6O/c14-11-16-12(15-3-6-19-7-9-21-10-8-19)18-13(17-11)20-4-1-2-5-20/h1-10H2,(H,15,16,17,18). The summed E-state index contributed by atoms with van der Waals surface area (Å²) in [5.41, 5.74) is 0. The summed E-state index contributed by atoms with van der Waals surface area (Å²) in [6.07, 6.45) is 2.37. The molecule has 3 rings (SSSR count). The van der Waals surface area contributed by atoms with Gasteiger partial charge in [0.15, 0.2) is 0 Å². The molecule has 0 radical (unpaired) electrons. The van der Waals surface area contributed by atoms with E-state index in [2.05, 4.69) is 30.1 Å². The van der Waals surface area contributed by atoms with Gasteiger partial charge in [-0.15, -0.1) is 0 Å². The average Bonchev–Trinajstić information content (AvgIpc) is 3.02. The van der Waals surface area contributed by atoms with E-state index in [9.17, 15) is 0 Å². The van der Waals surface area contributed by atoms with Gasteiger partial charge in [0.25, 0.3) is 0 Å². The van der Waals surface area contributed by atoms with Gasteiger partial charge < -0.3 is 15.0 Å². The number of rotatable bonds is 5. The van der Waals surface area contributed by atoms with Gasteiger partial charge in [0.1, 0.15) is 0 Å². The van der Waals surface area contributed by atoms with Gasteiger partial charge in [-0.3, -0.25) is 4.90 Å². The Morgan fingerprint density at radius 1 is 1.05 bits per heavy atom. The topological polar surface area (TPSA) is 66.4 Å². The summed E-state index contributed by atoms with van der Waals surface area (Å²) >= 11 is 6.00. The summed E-state index contributed by atoms with van der Waals surface area (Å²) in [6.45, 7) is 7.33. The first kappa shape index (κ1) is 14.7. The zero-order valence-corrected chi connectivity index (χ0v) is 12.8. The molecule has 1 aromatic heterocycles. The van der Waals surface area contributed by atoms with Gasteiger partial charge in [0.05, 0.1) is 13.2 Å². The second-order valence-electron chi connectivity index (χ2n) is 5.30. The molecule has 0 bridgehead atoms. The van der Waals surface area contributed by atoms with E-state index in [-0.39, 0.29) is 5.28 Å². The zero-order chi connectivity index (χ0) is 14.5. The normalized spacial score (nSPS) is 20.0. The van der Waals surface area contributed by atoms with Crippen molar-refractivity contribution in [2.45, 2.75) is 12.8 Å². The number of anilines is 2. The molecule has 3 heterocycles. The van der Waals surface area contributed by atoms with Gasteiger partial charge in [-0.1, -0.05) is 0 Å². The van der Waals surface area contributed by atoms with E-state index in [1.54, 1.807) is 0 Å². The molecule has 21 heavy (non-hydrogen) atoms. The highest BCUT2D eigenvalue weighted by atomic mass is 35.5. The highest BCUT2D eigenvalue weighted by Gasteiger charge is 2.17. The molecule has 0 unspecified atom stereocenters. The van der Waals surface area contributed by atoms with E-state index in [1.165, 1.54) is 12.8 Å². The second kappa shape index (κ2) is 7.20. The van der Waals surface area contributed by atoms with Gasteiger partial charge >= 0.3 is 0 Å². The molecule has 8 heteroatoms. The van der Waals surface area contributed by atoms with Crippen molar-refractivity contribution in [1.29, 1.82) is 0 Å². The van der Waals surface area contributed by atoms with Crippen LogP contribution in [0.5, 0.6) is 0 Å². The fourth-order valence-electron chi connectivity index (χ4n) is 2.63. The molecule has 0 aromatic carbocycles. The van der Waals surface area contributed by atoms with Crippen molar-refractivity contribution in [3.05, 3.63) is 5.28 Å². The number of aromatic nitrogens is 3. The fraction of sp³-hybridized carbons (Fsp3) is 0.769. The molecule has 2 aliphatic heterocycles. The first-order valence-electron chi connectivity index (χ1n) is 7.52. The van der Waals surface area contributed by atoms with Crippen LogP contribution in [0, 0.1) is 0 Å². The maximum absolute atomic E-state index is 6.00. The van der Waals surface area contributed by atoms with E-state index in [0.717, 1.165) is 52.5 Å². The summed E-state index contributed by atoms with van der Waals surface area (Å²) < 4.78 is 5.33. The molecule has 7 nitrogen and oxygen atoms in total. The Labute approximate surface area is 129 Å². The summed E-state index contributed by atoms with van der Waals surface area (Å²) in [4.78, 5) is 17.3. The molecule has 2 aliphatic rings. The van der Waals surface area contributed by atoms with Gasteiger partial charge in [0.2, 0.25) is 17.2 Å². The highest BCUT2D eigenvalue weighted by Crippen LogP contribution is 2.18. The largest absolute Gasteiger partial charge is 0.379 e. The highest BCUT2D eigenvalue weighted by molar-refractivity contribution is 6.28. The van der Waals surface area contributed by atoms with Crippen molar-refractivity contribution < 1.29 is 4.74 Å². The first-order chi connectivity index (χ1) is 10.3. The summed E-state index contributed by atoms with van der Waals surface area (Å²) in [5.74, 6) is 1.24. The SMILES string of the molecule is Clc1nc(NCCN2CCOCC2)nc(N2CCCC2)n1. The van der Waals surface area contributed by atoms with Crippen molar-refractivity contribution in [3.8, 4) is 0 Å². The van der Waals surface area contributed by atoms with Crippen LogP contribution in [-0.4, -0.2) is 72.3 Å². The number of hydrogen-bond donors (Lipinski definition) is 1. The smallest absolute Gasteiger partial charge is 0.231 e.